The molecule has 0 saturated heterocycles. The standard InChI is InChI=1S/C12H18N2O4S/c1-3-19(17,18)9-10(2)13-8-11-4-6-12(7-5-11)14(15)16/h4-7,10,13H,3,8-9H2,1-2H3. The number of non-ortho nitro benzene ring substituents is 1. The smallest absolute Gasteiger partial charge is 0.269 e. The minimum absolute atomic E-state index is 0.0466. The summed E-state index contributed by atoms with van der Waals surface area (Å²) in [5, 5.41) is 13.6. The Kier molecular flexibility index (Phi) is 5.44. The number of nitro benzene ring substituents is 1. The van der Waals surface area contributed by atoms with Crippen LogP contribution in [0.15, 0.2) is 24.3 Å². The molecule has 0 heterocycles. The maximum absolute atomic E-state index is 11.4. The largest absolute Gasteiger partial charge is 0.309 e. The summed E-state index contributed by atoms with van der Waals surface area (Å²) in [6.45, 7) is 3.91. The molecular formula is C12H18N2O4S. The second-order valence-electron chi connectivity index (χ2n) is 4.40. The van der Waals surface area contributed by atoms with E-state index in [1.54, 1.807) is 26.0 Å². The van der Waals surface area contributed by atoms with Gasteiger partial charge >= 0.3 is 0 Å². The van der Waals surface area contributed by atoms with Crippen molar-refractivity contribution in [2.75, 3.05) is 11.5 Å². The van der Waals surface area contributed by atoms with E-state index in [1.165, 1.54) is 12.1 Å². The van der Waals surface area contributed by atoms with E-state index in [0.29, 0.717) is 6.54 Å². The molecule has 1 rings (SSSR count). The van der Waals surface area contributed by atoms with Gasteiger partial charge in [-0.05, 0) is 12.5 Å². The molecule has 0 bridgehead atoms. The van der Waals surface area contributed by atoms with Gasteiger partial charge in [0.1, 0.15) is 0 Å². The highest BCUT2D eigenvalue weighted by atomic mass is 32.2. The van der Waals surface area contributed by atoms with E-state index in [-0.39, 0.29) is 23.2 Å². The van der Waals surface area contributed by atoms with Gasteiger partial charge in [-0.25, -0.2) is 8.42 Å². The summed E-state index contributed by atoms with van der Waals surface area (Å²) in [4.78, 5) is 10.0. The molecule has 1 unspecified atom stereocenters. The van der Waals surface area contributed by atoms with Crippen LogP contribution in [0, 0.1) is 10.1 Å². The summed E-state index contributed by atoms with van der Waals surface area (Å²) in [6, 6.07) is 6.04. The second-order valence-corrected chi connectivity index (χ2v) is 6.80. The summed E-state index contributed by atoms with van der Waals surface area (Å²) in [5.41, 5.74) is 0.928. The molecule has 0 aliphatic heterocycles. The zero-order valence-corrected chi connectivity index (χ0v) is 11.8. The molecule has 0 fully saturated rings. The number of nitro groups is 1. The number of sulfone groups is 1. The van der Waals surface area contributed by atoms with Crippen molar-refractivity contribution >= 4 is 15.5 Å². The molecule has 0 saturated carbocycles. The fraction of sp³-hybridized carbons (Fsp3) is 0.500. The average molecular weight is 286 g/mol. The summed E-state index contributed by atoms with van der Waals surface area (Å²) in [7, 11) is -2.99. The van der Waals surface area contributed by atoms with Gasteiger partial charge in [0.15, 0.2) is 9.84 Å². The maximum Gasteiger partial charge on any atom is 0.269 e. The van der Waals surface area contributed by atoms with Crippen molar-refractivity contribution in [3.63, 3.8) is 0 Å². The molecular weight excluding hydrogens is 268 g/mol. The first kappa shape index (κ1) is 15.6. The minimum Gasteiger partial charge on any atom is -0.309 e. The molecule has 0 aliphatic carbocycles. The minimum atomic E-state index is -2.99. The molecule has 19 heavy (non-hydrogen) atoms. The monoisotopic (exact) mass is 286 g/mol. The van der Waals surface area contributed by atoms with Crippen molar-refractivity contribution in [3.05, 3.63) is 39.9 Å². The summed E-state index contributed by atoms with van der Waals surface area (Å²) in [5.74, 6) is 0.229. The lowest BCUT2D eigenvalue weighted by atomic mass is 10.2. The highest BCUT2D eigenvalue weighted by molar-refractivity contribution is 7.91. The van der Waals surface area contributed by atoms with Gasteiger partial charge in [-0.3, -0.25) is 10.1 Å². The predicted octanol–water partition coefficient (Wildman–Crippen LogP) is 1.51. The van der Waals surface area contributed by atoms with E-state index in [9.17, 15) is 18.5 Å². The van der Waals surface area contributed by atoms with E-state index in [0.717, 1.165) is 5.56 Å². The normalized spacial score (nSPS) is 13.2. The Morgan fingerprint density at radius 2 is 1.89 bits per heavy atom. The van der Waals surface area contributed by atoms with Crippen molar-refractivity contribution < 1.29 is 13.3 Å². The average Bonchev–Trinajstić information content (AvgIpc) is 2.36. The van der Waals surface area contributed by atoms with Crippen molar-refractivity contribution in [3.8, 4) is 0 Å². The summed E-state index contributed by atoms with van der Waals surface area (Å²) < 4.78 is 22.9. The molecule has 0 aromatic heterocycles. The van der Waals surface area contributed by atoms with Crippen LogP contribution in [0.5, 0.6) is 0 Å². The van der Waals surface area contributed by atoms with Gasteiger partial charge in [0, 0.05) is 30.5 Å². The van der Waals surface area contributed by atoms with Crippen molar-refractivity contribution in [2.45, 2.75) is 26.4 Å². The van der Waals surface area contributed by atoms with Crippen LogP contribution in [0.2, 0.25) is 0 Å². The van der Waals surface area contributed by atoms with E-state index >= 15 is 0 Å². The predicted molar refractivity (Wildman–Crippen MR) is 73.7 cm³/mol. The Balaban J connectivity index is 2.50. The Morgan fingerprint density at radius 1 is 1.32 bits per heavy atom. The lowest BCUT2D eigenvalue weighted by Gasteiger charge is -2.13. The van der Waals surface area contributed by atoms with Gasteiger partial charge in [0.25, 0.3) is 5.69 Å². The molecule has 1 N–H and O–H groups in total. The second kappa shape index (κ2) is 6.63. The summed E-state index contributed by atoms with van der Waals surface area (Å²) in [6.07, 6.45) is 0. The van der Waals surface area contributed by atoms with Crippen molar-refractivity contribution in [1.29, 1.82) is 0 Å². The third-order valence-electron chi connectivity index (χ3n) is 2.75. The van der Waals surface area contributed by atoms with Crippen LogP contribution in [-0.4, -0.2) is 30.9 Å². The third kappa shape index (κ3) is 5.35. The molecule has 6 nitrogen and oxygen atoms in total. The Bertz CT molecular complexity index is 525. The molecule has 1 aromatic carbocycles. The van der Waals surface area contributed by atoms with Crippen molar-refractivity contribution in [2.24, 2.45) is 0 Å². The SMILES string of the molecule is CCS(=O)(=O)CC(C)NCc1ccc([N+](=O)[O-])cc1. The van der Waals surface area contributed by atoms with Crippen LogP contribution in [0.25, 0.3) is 0 Å². The zero-order chi connectivity index (χ0) is 14.5. The maximum atomic E-state index is 11.4. The number of benzene rings is 1. The van der Waals surface area contributed by atoms with Crippen LogP contribution < -0.4 is 5.32 Å². The van der Waals surface area contributed by atoms with E-state index in [1.807, 2.05) is 0 Å². The molecule has 7 heteroatoms. The van der Waals surface area contributed by atoms with Gasteiger partial charge in [0.2, 0.25) is 0 Å². The van der Waals surface area contributed by atoms with Gasteiger partial charge < -0.3 is 5.32 Å². The van der Waals surface area contributed by atoms with Gasteiger partial charge in [-0.2, -0.15) is 0 Å². The molecule has 0 amide bonds. The molecule has 0 aliphatic rings. The van der Waals surface area contributed by atoms with Crippen LogP contribution in [0.4, 0.5) is 5.69 Å². The highest BCUT2D eigenvalue weighted by Crippen LogP contribution is 2.11. The van der Waals surface area contributed by atoms with Crippen LogP contribution >= 0.6 is 0 Å². The zero-order valence-electron chi connectivity index (χ0n) is 11.0. The molecule has 1 atom stereocenters. The molecule has 0 spiro atoms. The molecule has 1 aromatic rings. The van der Waals surface area contributed by atoms with Crippen molar-refractivity contribution in [1.82, 2.24) is 5.32 Å². The van der Waals surface area contributed by atoms with Gasteiger partial charge in [0.05, 0.1) is 10.7 Å². The number of nitrogens with zero attached hydrogens (tertiary/aromatic N) is 1. The fourth-order valence-electron chi connectivity index (χ4n) is 1.59. The molecule has 0 radical (unpaired) electrons. The number of hydrogen-bond donors (Lipinski definition) is 1. The first-order chi connectivity index (χ1) is 8.84. The lowest BCUT2D eigenvalue weighted by molar-refractivity contribution is -0.384. The van der Waals surface area contributed by atoms with Gasteiger partial charge in [-0.1, -0.05) is 19.1 Å². The lowest BCUT2D eigenvalue weighted by Crippen LogP contribution is -2.33. The Morgan fingerprint density at radius 3 is 2.37 bits per heavy atom. The first-order valence-corrected chi connectivity index (χ1v) is 7.83. The van der Waals surface area contributed by atoms with E-state index < -0.39 is 14.8 Å². The first-order valence-electron chi connectivity index (χ1n) is 6.01. The van der Waals surface area contributed by atoms with E-state index in [2.05, 4.69) is 5.32 Å². The fourth-order valence-corrected chi connectivity index (χ4v) is 2.70. The Hall–Kier alpha value is -1.47. The number of rotatable bonds is 7. The van der Waals surface area contributed by atoms with Crippen LogP contribution in [0.3, 0.4) is 0 Å². The third-order valence-corrected chi connectivity index (χ3v) is 4.63. The quantitative estimate of drug-likeness (QED) is 0.606. The molecule has 106 valence electrons. The van der Waals surface area contributed by atoms with Crippen LogP contribution in [-0.2, 0) is 16.4 Å². The Labute approximate surface area is 112 Å². The van der Waals surface area contributed by atoms with Gasteiger partial charge in [-0.15, -0.1) is 0 Å². The topological polar surface area (TPSA) is 89.3 Å². The summed E-state index contributed by atoms with van der Waals surface area (Å²) >= 11 is 0. The highest BCUT2D eigenvalue weighted by Gasteiger charge is 2.13. The van der Waals surface area contributed by atoms with E-state index in [4.69, 9.17) is 0 Å². The van der Waals surface area contributed by atoms with Crippen LogP contribution in [0.1, 0.15) is 19.4 Å². The number of hydrogen-bond acceptors (Lipinski definition) is 5. The number of nitrogens with one attached hydrogen (secondary N) is 1.